The summed E-state index contributed by atoms with van der Waals surface area (Å²) in [6.45, 7) is 0.0912. The number of nitrogens with zero attached hydrogens (tertiary/aromatic N) is 2. The van der Waals surface area contributed by atoms with Crippen molar-refractivity contribution in [2.45, 2.75) is 71.9 Å². The van der Waals surface area contributed by atoms with Gasteiger partial charge in [0.1, 0.15) is 10.6 Å². The molecule has 0 aromatic heterocycles. The first kappa shape index (κ1) is 34.3. The zero-order valence-electron chi connectivity index (χ0n) is 24.1. The minimum Gasteiger partial charge on any atom is -0.335 e. The van der Waals surface area contributed by atoms with E-state index in [2.05, 4.69) is 5.32 Å². The number of nitrogens with one attached hydrogen (secondary N) is 1. The molecule has 2 heterocycles. The van der Waals surface area contributed by atoms with Gasteiger partial charge in [0.25, 0.3) is 0 Å². The molecule has 0 spiro atoms. The van der Waals surface area contributed by atoms with E-state index in [1.165, 1.54) is 9.21 Å². The van der Waals surface area contributed by atoms with E-state index < -0.39 is 77.0 Å². The van der Waals surface area contributed by atoms with Gasteiger partial charge in [-0.1, -0.05) is 18.2 Å². The summed E-state index contributed by atoms with van der Waals surface area (Å²) in [6.07, 6.45) is -12.0. The number of halogens is 8. The number of carbonyl (C=O) groups excluding carboxylic acids is 1. The number of likely N-dealkylation sites (tertiary alicyclic amines) is 1. The Morgan fingerprint density at radius 2 is 1.46 bits per heavy atom. The maximum atomic E-state index is 15.0. The molecule has 0 radical (unpaired) electrons. The molecule has 0 bridgehead atoms. The molecule has 0 unspecified atom stereocenters. The molecule has 2 fully saturated rings. The van der Waals surface area contributed by atoms with Crippen LogP contribution < -0.4 is 5.32 Å². The molecule has 3 aliphatic rings. The largest absolute Gasteiger partial charge is 0.435 e. The third kappa shape index (κ3) is 5.42. The molecular weight excluding hydrogens is 674 g/mol. The molecule has 8 nitrogen and oxygen atoms in total. The standard InChI is InChI=1S/C28H29F8N3O5S2/c1-45(41,42)38-13-10-20(11-14-38)37-24(40)39-15-12-25(46(43,44)21-6-4-19(29)5-7-21)22-8-3-18(16-17(22)2-9-23(25)39)26(30,27(31,32)33)28(34,35)36/h3-8,16,20,23H,2,9-15H2,1H3,(H,37,40)/t23-,25-/m1/s1. The Morgan fingerprint density at radius 1 is 0.870 bits per heavy atom. The molecule has 254 valence electrons. The number of urea groups is 1. The number of benzene rings is 2. The molecule has 46 heavy (non-hydrogen) atoms. The van der Waals surface area contributed by atoms with Crippen LogP contribution in [0.15, 0.2) is 47.4 Å². The fraction of sp³-hybridized carbons (Fsp3) is 0.536. The van der Waals surface area contributed by atoms with Crippen LogP contribution in [0.4, 0.5) is 39.9 Å². The van der Waals surface area contributed by atoms with Crippen molar-refractivity contribution in [2.75, 3.05) is 25.9 Å². The van der Waals surface area contributed by atoms with Gasteiger partial charge in [0.2, 0.25) is 10.0 Å². The Morgan fingerprint density at radius 3 is 2.00 bits per heavy atom. The van der Waals surface area contributed by atoms with Crippen molar-refractivity contribution in [2.24, 2.45) is 0 Å². The zero-order valence-corrected chi connectivity index (χ0v) is 25.8. The molecule has 1 N–H and O–H groups in total. The summed E-state index contributed by atoms with van der Waals surface area (Å²) >= 11 is 0. The van der Waals surface area contributed by atoms with Crippen LogP contribution in [0.1, 0.15) is 42.4 Å². The number of carbonyl (C=O) groups is 1. The van der Waals surface area contributed by atoms with Gasteiger partial charge < -0.3 is 10.2 Å². The topological polar surface area (TPSA) is 104 Å². The van der Waals surface area contributed by atoms with E-state index >= 15 is 0 Å². The minimum atomic E-state index is -6.38. The molecular formula is C28H29F8N3O5S2. The summed E-state index contributed by atoms with van der Waals surface area (Å²) in [7, 11) is -8.07. The second-order valence-corrected chi connectivity index (χ2v) is 15.9. The lowest BCUT2D eigenvalue weighted by atomic mass is 9.77. The molecule has 2 saturated heterocycles. The number of fused-ring (bicyclic) bond motifs is 3. The third-order valence-corrected chi connectivity index (χ3v) is 13.0. The first-order valence-corrected chi connectivity index (χ1v) is 17.5. The van der Waals surface area contributed by atoms with Gasteiger partial charge in [-0.3, -0.25) is 0 Å². The quantitative estimate of drug-likeness (QED) is 0.351. The number of hydrogen-bond acceptors (Lipinski definition) is 5. The van der Waals surface area contributed by atoms with E-state index in [1.54, 1.807) is 0 Å². The predicted molar refractivity (Wildman–Crippen MR) is 148 cm³/mol. The van der Waals surface area contributed by atoms with E-state index in [0.717, 1.165) is 36.6 Å². The average molecular weight is 704 g/mol. The van der Waals surface area contributed by atoms with Crippen molar-refractivity contribution in [1.82, 2.24) is 14.5 Å². The fourth-order valence-corrected chi connectivity index (χ4v) is 10.1. The van der Waals surface area contributed by atoms with Crippen molar-refractivity contribution in [3.63, 3.8) is 0 Å². The lowest BCUT2D eigenvalue weighted by Gasteiger charge is -2.43. The second-order valence-electron chi connectivity index (χ2n) is 11.8. The van der Waals surface area contributed by atoms with Gasteiger partial charge in [0.05, 0.1) is 17.2 Å². The molecule has 18 heteroatoms. The Labute approximate surface area is 259 Å². The number of alkyl halides is 7. The van der Waals surface area contributed by atoms with Crippen molar-refractivity contribution in [3.05, 3.63) is 65.0 Å². The number of sulfone groups is 1. The monoisotopic (exact) mass is 703 g/mol. The van der Waals surface area contributed by atoms with Crippen molar-refractivity contribution < 1.29 is 56.8 Å². The molecule has 2 aromatic carbocycles. The molecule has 2 amide bonds. The highest BCUT2D eigenvalue weighted by atomic mass is 32.2. The van der Waals surface area contributed by atoms with Crippen LogP contribution in [0.5, 0.6) is 0 Å². The number of aryl methyl sites for hydroxylation is 1. The SMILES string of the molecule is CS(=O)(=O)N1CCC(NC(=O)N2CC[C@@]3(S(=O)(=O)c4ccc(F)cc4)c4ccc(C(F)(C(F)(F)F)C(F)(F)F)cc4CC[C@@H]23)CC1. The maximum absolute atomic E-state index is 15.0. The molecule has 2 atom stereocenters. The molecule has 2 aliphatic heterocycles. The molecule has 5 rings (SSSR count). The van der Waals surface area contributed by atoms with Crippen LogP contribution >= 0.6 is 0 Å². The summed E-state index contributed by atoms with van der Waals surface area (Å²) in [5.41, 5.74) is -7.93. The summed E-state index contributed by atoms with van der Waals surface area (Å²) < 4.78 is 162. The summed E-state index contributed by atoms with van der Waals surface area (Å²) in [5.74, 6) is -0.769. The number of amides is 2. The van der Waals surface area contributed by atoms with Gasteiger partial charge >= 0.3 is 24.1 Å². The number of piperidine rings is 1. The van der Waals surface area contributed by atoms with Crippen molar-refractivity contribution >= 4 is 25.9 Å². The zero-order chi connectivity index (χ0) is 34.1. The van der Waals surface area contributed by atoms with Gasteiger partial charge in [-0.05, 0) is 67.5 Å². The van der Waals surface area contributed by atoms with Gasteiger partial charge in [-0.15, -0.1) is 0 Å². The Kier molecular flexibility index (Phi) is 8.45. The Hall–Kier alpha value is -2.99. The lowest BCUT2D eigenvalue weighted by molar-refractivity contribution is -0.348. The second kappa shape index (κ2) is 11.3. The smallest absolute Gasteiger partial charge is 0.335 e. The molecule has 1 aliphatic carbocycles. The number of hydrogen-bond donors (Lipinski definition) is 1. The average Bonchev–Trinajstić information content (AvgIpc) is 3.37. The van der Waals surface area contributed by atoms with E-state index in [-0.39, 0.29) is 68.9 Å². The maximum Gasteiger partial charge on any atom is 0.435 e. The van der Waals surface area contributed by atoms with Gasteiger partial charge in [0, 0.05) is 31.2 Å². The van der Waals surface area contributed by atoms with E-state index in [9.17, 15) is 56.8 Å². The van der Waals surface area contributed by atoms with Crippen LogP contribution in [-0.2, 0) is 36.7 Å². The summed E-state index contributed by atoms with van der Waals surface area (Å²) in [6, 6.07) is 2.77. The van der Waals surface area contributed by atoms with Crippen molar-refractivity contribution in [3.8, 4) is 0 Å². The minimum absolute atomic E-state index is 0.137. The predicted octanol–water partition coefficient (Wildman–Crippen LogP) is 4.94. The van der Waals surface area contributed by atoms with Gasteiger partial charge in [0.15, 0.2) is 9.84 Å². The fourth-order valence-electron chi connectivity index (χ4n) is 6.89. The van der Waals surface area contributed by atoms with E-state index in [1.807, 2.05) is 0 Å². The normalized spacial score (nSPS) is 23.6. The third-order valence-electron chi connectivity index (χ3n) is 9.18. The van der Waals surface area contributed by atoms with Crippen LogP contribution in [-0.4, -0.2) is 82.4 Å². The van der Waals surface area contributed by atoms with Crippen LogP contribution in [0, 0.1) is 5.82 Å². The molecule has 2 aromatic rings. The highest BCUT2D eigenvalue weighted by Crippen LogP contribution is 2.56. The molecule has 0 saturated carbocycles. The number of sulfonamides is 1. The van der Waals surface area contributed by atoms with Crippen LogP contribution in [0.25, 0.3) is 0 Å². The van der Waals surface area contributed by atoms with Crippen molar-refractivity contribution in [1.29, 1.82) is 0 Å². The van der Waals surface area contributed by atoms with Gasteiger partial charge in [-0.25, -0.2) is 34.7 Å². The van der Waals surface area contributed by atoms with E-state index in [4.69, 9.17) is 0 Å². The lowest BCUT2D eigenvalue weighted by Crippen LogP contribution is -2.56. The Bertz CT molecular complexity index is 1710. The first-order chi connectivity index (χ1) is 21.1. The van der Waals surface area contributed by atoms with Gasteiger partial charge in [-0.2, -0.15) is 26.3 Å². The van der Waals surface area contributed by atoms with E-state index in [0.29, 0.717) is 6.07 Å². The van der Waals surface area contributed by atoms with Crippen LogP contribution in [0.3, 0.4) is 0 Å². The summed E-state index contributed by atoms with van der Waals surface area (Å²) in [4.78, 5) is 14.4. The highest BCUT2D eigenvalue weighted by molar-refractivity contribution is 7.92. The Balaban J connectivity index is 1.56. The highest BCUT2D eigenvalue weighted by Gasteiger charge is 2.74. The summed E-state index contributed by atoms with van der Waals surface area (Å²) in [5, 5.41) is 2.79. The van der Waals surface area contributed by atoms with Crippen LogP contribution in [0.2, 0.25) is 0 Å². The number of rotatable bonds is 5. The first-order valence-electron chi connectivity index (χ1n) is 14.1.